The fourth-order valence-electron chi connectivity index (χ4n) is 4.38. The van der Waals surface area contributed by atoms with Crippen molar-refractivity contribution < 1.29 is 14.3 Å². The number of carbonyl (C=O) groups is 2. The molecule has 0 aromatic heterocycles. The highest BCUT2D eigenvalue weighted by atomic mass is 32.2. The summed E-state index contributed by atoms with van der Waals surface area (Å²) in [6.45, 7) is 8.26. The lowest BCUT2D eigenvalue weighted by atomic mass is 10.0. The van der Waals surface area contributed by atoms with Gasteiger partial charge in [0.05, 0.1) is 6.54 Å². The van der Waals surface area contributed by atoms with Crippen LogP contribution in [-0.2, 0) is 20.9 Å². The molecule has 1 heterocycles. The molecule has 0 saturated carbocycles. The summed E-state index contributed by atoms with van der Waals surface area (Å²) in [6.07, 6.45) is 4.82. The molecule has 1 saturated heterocycles. The number of esters is 1. The third-order valence-electron chi connectivity index (χ3n) is 5.92. The van der Waals surface area contributed by atoms with E-state index in [4.69, 9.17) is 4.74 Å². The van der Waals surface area contributed by atoms with Gasteiger partial charge in [0.25, 0.3) is 0 Å². The van der Waals surface area contributed by atoms with Gasteiger partial charge in [0, 0.05) is 19.1 Å². The van der Waals surface area contributed by atoms with Crippen molar-refractivity contribution in [3.8, 4) is 0 Å². The molecule has 1 aliphatic rings. The first-order valence-corrected chi connectivity index (χ1v) is 13.6. The molecule has 0 aliphatic carbocycles. The summed E-state index contributed by atoms with van der Waals surface area (Å²) in [6, 6.07) is 14.4. The van der Waals surface area contributed by atoms with Crippen molar-refractivity contribution in [2.24, 2.45) is 0 Å². The highest BCUT2D eigenvalue weighted by Gasteiger charge is 2.27. The molecule has 1 aliphatic heterocycles. The molecule has 6 nitrogen and oxygen atoms in total. The number of hydrogen-bond acceptors (Lipinski definition) is 6. The second kappa shape index (κ2) is 12.6. The first-order chi connectivity index (χ1) is 16.2. The Morgan fingerprint density at radius 2 is 1.97 bits per heavy atom. The second-order valence-electron chi connectivity index (χ2n) is 10.0. The van der Waals surface area contributed by atoms with Gasteiger partial charge < -0.3 is 15.4 Å². The van der Waals surface area contributed by atoms with E-state index in [-0.39, 0.29) is 18.4 Å². The maximum absolute atomic E-state index is 13.1. The highest BCUT2D eigenvalue weighted by Crippen LogP contribution is 2.21. The molecule has 0 bridgehead atoms. The van der Waals surface area contributed by atoms with Crippen LogP contribution in [0.15, 0.2) is 42.5 Å². The first-order valence-electron chi connectivity index (χ1n) is 12.2. The summed E-state index contributed by atoms with van der Waals surface area (Å²) in [5, 5.41) is 8.92. The predicted octanol–water partition coefficient (Wildman–Crippen LogP) is 3.97. The summed E-state index contributed by atoms with van der Waals surface area (Å²) in [5.74, 6) is 0.263. The van der Waals surface area contributed by atoms with Crippen LogP contribution in [0, 0.1) is 0 Å². The number of benzene rings is 2. The van der Waals surface area contributed by atoms with Gasteiger partial charge in [-0.1, -0.05) is 42.5 Å². The van der Waals surface area contributed by atoms with E-state index in [0.717, 1.165) is 31.7 Å². The molecule has 2 atom stereocenters. The van der Waals surface area contributed by atoms with Gasteiger partial charge in [0.15, 0.2) is 0 Å². The number of rotatable bonds is 11. The summed E-state index contributed by atoms with van der Waals surface area (Å²) in [4.78, 5) is 28.1. The van der Waals surface area contributed by atoms with E-state index >= 15 is 0 Å². The van der Waals surface area contributed by atoms with Crippen LogP contribution in [0.2, 0.25) is 0 Å². The van der Waals surface area contributed by atoms with Gasteiger partial charge in [-0.2, -0.15) is 11.8 Å². The van der Waals surface area contributed by atoms with E-state index in [1.54, 1.807) is 11.8 Å². The number of amides is 1. The Hall–Kier alpha value is -2.09. The highest BCUT2D eigenvalue weighted by molar-refractivity contribution is 7.98. The minimum atomic E-state index is -0.636. The summed E-state index contributed by atoms with van der Waals surface area (Å²) < 4.78 is 5.57. The lowest BCUT2D eigenvalue weighted by Crippen LogP contribution is -2.49. The van der Waals surface area contributed by atoms with Gasteiger partial charge in [0.1, 0.15) is 11.6 Å². The first kappa shape index (κ1) is 26.5. The molecule has 3 rings (SSSR count). The number of thioether (sulfide) groups is 1. The molecule has 0 unspecified atom stereocenters. The van der Waals surface area contributed by atoms with Crippen LogP contribution >= 0.6 is 11.8 Å². The Kier molecular flexibility index (Phi) is 9.80. The van der Waals surface area contributed by atoms with E-state index in [1.807, 2.05) is 33.1 Å². The Balaban J connectivity index is 1.72. The van der Waals surface area contributed by atoms with Crippen molar-refractivity contribution in [2.45, 2.75) is 64.3 Å². The standard InChI is InChI=1S/C27H39N3O3S/c1-27(2,3)33-26(32)24(14-16-34-4)29-25(31)19-30(18-22-12-8-15-28-22)17-21-11-7-10-20-9-5-6-13-23(20)21/h5-7,9-11,13,22,24,28H,8,12,14-19H2,1-4H3,(H,29,31)/t22-,24-/m0/s1. The van der Waals surface area contributed by atoms with Gasteiger partial charge in [-0.05, 0) is 74.9 Å². The number of carbonyl (C=O) groups excluding carboxylic acids is 2. The lowest BCUT2D eigenvalue weighted by Gasteiger charge is -2.28. The van der Waals surface area contributed by atoms with Crippen molar-refractivity contribution in [3.05, 3.63) is 48.0 Å². The van der Waals surface area contributed by atoms with E-state index < -0.39 is 11.6 Å². The summed E-state index contributed by atoms with van der Waals surface area (Å²) in [7, 11) is 0. The Bertz CT molecular complexity index is 948. The molecule has 7 heteroatoms. The molecule has 0 radical (unpaired) electrons. The molecule has 34 heavy (non-hydrogen) atoms. The van der Waals surface area contributed by atoms with E-state index in [2.05, 4.69) is 51.9 Å². The molecule has 2 N–H and O–H groups in total. The maximum atomic E-state index is 13.1. The third-order valence-corrected chi connectivity index (χ3v) is 6.56. The van der Waals surface area contributed by atoms with E-state index in [0.29, 0.717) is 19.0 Å². The fraction of sp³-hybridized carbons (Fsp3) is 0.556. The SMILES string of the molecule is CSCC[C@H](NC(=O)CN(Cc1cccc2ccccc12)C[C@@H]1CCCN1)C(=O)OC(C)(C)C. The minimum absolute atomic E-state index is 0.143. The average Bonchev–Trinajstić information content (AvgIpc) is 3.28. The zero-order chi connectivity index (χ0) is 24.6. The number of ether oxygens (including phenoxy) is 1. The molecule has 1 amide bonds. The molecular formula is C27H39N3O3S. The molecule has 2 aromatic rings. The van der Waals surface area contributed by atoms with Crippen molar-refractivity contribution in [1.29, 1.82) is 0 Å². The van der Waals surface area contributed by atoms with E-state index in [1.165, 1.54) is 16.3 Å². The topological polar surface area (TPSA) is 70.7 Å². The van der Waals surface area contributed by atoms with E-state index in [9.17, 15) is 9.59 Å². The Morgan fingerprint density at radius 1 is 1.21 bits per heavy atom. The van der Waals surface area contributed by atoms with Gasteiger partial charge >= 0.3 is 5.97 Å². The van der Waals surface area contributed by atoms with Crippen LogP contribution < -0.4 is 10.6 Å². The minimum Gasteiger partial charge on any atom is -0.458 e. The molecule has 186 valence electrons. The zero-order valence-corrected chi connectivity index (χ0v) is 21.7. The fourth-order valence-corrected chi connectivity index (χ4v) is 4.85. The van der Waals surface area contributed by atoms with Crippen LogP contribution in [-0.4, -0.2) is 66.1 Å². The van der Waals surface area contributed by atoms with Crippen molar-refractivity contribution >= 4 is 34.4 Å². The molecule has 0 spiro atoms. The number of fused-ring (bicyclic) bond motifs is 1. The van der Waals surface area contributed by atoms with Crippen molar-refractivity contribution in [2.75, 3.05) is 31.6 Å². The summed E-state index contributed by atoms with van der Waals surface area (Å²) >= 11 is 1.65. The average molecular weight is 486 g/mol. The smallest absolute Gasteiger partial charge is 0.329 e. The molecule has 1 fully saturated rings. The second-order valence-corrected chi connectivity index (χ2v) is 11.0. The zero-order valence-electron chi connectivity index (χ0n) is 20.9. The molecule has 2 aromatic carbocycles. The number of hydrogen-bond donors (Lipinski definition) is 2. The van der Waals surface area contributed by atoms with Crippen LogP contribution in [0.1, 0.15) is 45.6 Å². The van der Waals surface area contributed by atoms with Crippen molar-refractivity contribution in [3.63, 3.8) is 0 Å². The van der Waals surface area contributed by atoms with Crippen LogP contribution in [0.5, 0.6) is 0 Å². The predicted molar refractivity (Wildman–Crippen MR) is 141 cm³/mol. The van der Waals surface area contributed by atoms with Gasteiger partial charge in [-0.25, -0.2) is 4.79 Å². The maximum Gasteiger partial charge on any atom is 0.329 e. The van der Waals surface area contributed by atoms with Crippen molar-refractivity contribution in [1.82, 2.24) is 15.5 Å². The van der Waals surface area contributed by atoms with Crippen LogP contribution in [0.25, 0.3) is 10.8 Å². The quantitative estimate of drug-likeness (QED) is 0.469. The number of nitrogens with zero attached hydrogens (tertiary/aromatic N) is 1. The normalized spacial score (nSPS) is 17.1. The summed E-state index contributed by atoms with van der Waals surface area (Å²) in [5.41, 5.74) is 0.614. The lowest BCUT2D eigenvalue weighted by molar-refractivity contribution is -0.158. The third kappa shape index (κ3) is 8.29. The van der Waals surface area contributed by atoms with Crippen LogP contribution in [0.4, 0.5) is 0 Å². The molecular weight excluding hydrogens is 446 g/mol. The largest absolute Gasteiger partial charge is 0.458 e. The Morgan fingerprint density at radius 3 is 2.68 bits per heavy atom. The Labute approximate surface area is 208 Å². The van der Waals surface area contributed by atoms with Crippen LogP contribution in [0.3, 0.4) is 0 Å². The van der Waals surface area contributed by atoms with Gasteiger partial charge in [0.2, 0.25) is 5.91 Å². The monoisotopic (exact) mass is 485 g/mol. The number of nitrogens with one attached hydrogen (secondary N) is 2. The van der Waals surface area contributed by atoms with Gasteiger partial charge in [-0.15, -0.1) is 0 Å². The van der Waals surface area contributed by atoms with Gasteiger partial charge in [-0.3, -0.25) is 9.69 Å².